The highest BCUT2D eigenvalue weighted by molar-refractivity contribution is 7.88. The molecular formula is C26H33ClF3N3O3S. The molecule has 1 atom stereocenters. The lowest BCUT2D eigenvalue weighted by molar-refractivity contribution is -0.137. The predicted molar refractivity (Wildman–Crippen MR) is 140 cm³/mol. The van der Waals surface area contributed by atoms with Gasteiger partial charge in [0.05, 0.1) is 11.8 Å². The highest BCUT2D eigenvalue weighted by atomic mass is 35.5. The monoisotopic (exact) mass is 559 g/mol. The van der Waals surface area contributed by atoms with E-state index in [1.54, 1.807) is 18.2 Å². The van der Waals surface area contributed by atoms with Crippen LogP contribution in [0.25, 0.3) is 0 Å². The zero-order valence-electron chi connectivity index (χ0n) is 21.2. The summed E-state index contributed by atoms with van der Waals surface area (Å²) in [4.78, 5) is 15.0. The number of hydrogen-bond donors (Lipinski definition) is 1. The number of hydrogen-bond acceptors (Lipinski definition) is 4. The van der Waals surface area contributed by atoms with Gasteiger partial charge < -0.3 is 5.32 Å². The molecule has 6 nitrogen and oxygen atoms in total. The first-order valence-corrected chi connectivity index (χ1v) is 14.4. The van der Waals surface area contributed by atoms with Crippen LogP contribution >= 0.6 is 11.6 Å². The topological polar surface area (TPSA) is 69.7 Å². The van der Waals surface area contributed by atoms with E-state index in [9.17, 15) is 26.4 Å². The second-order valence-electron chi connectivity index (χ2n) is 9.94. The zero-order chi connectivity index (χ0) is 27.4. The maximum atomic E-state index is 12.9. The summed E-state index contributed by atoms with van der Waals surface area (Å²) in [5.41, 5.74) is 1.36. The standard InChI is InChI=1S/C26H33ClF3N3O3S/c1-18(2)15-32(16-19-7-10-21(11-8-19)26(28,29)30)17-20-9-12-22(14-23(20)27)31-25(34)24-6-4-5-13-33(24)37(3,35)36/h7-12,14,18,24H,4-6,13,15-17H2,1-3H3,(H,31,34)/t24-/m1/s1. The van der Waals surface area contributed by atoms with Crippen molar-refractivity contribution >= 4 is 33.2 Å². The fraction of sp³-hybridized carbons (Fsp3) is 0.500. The summed E-state index contributed by atoms with van der Waals surface area (Å²) >= 11 is 6.55. The maximum absolute atomic E-state index is 12.9. The van der Waals surface area contributed by atoms with Crippen LogP contribution in [0.2, 0.25) is 5.02 Å². The fourth-order valence-corrected chi connectivity index (χ4v) is 5.91. The molecule has 2 aromatic rings. The van der Waals surface area contributed by atoms with Gasteiger partial charge in [0.2, 0.25) is 15.9 Å². The van der Waals surface area contributed by atoms with Crippen molar-refractivity contribution in [3.63, 3.8) is 0 Å². The Hall–Kier alpha value is -2.14. The van der Waals surface area contributed by atoms with Crippen LogP contribution in [0, 0.1) is 5.92 Å². The molecule has 11 heteroatoms. The number of alkyl halides is 3. The van der Waals surface area contributed by atoms with Crippen molar-refractivity contribution in [2.24, 2.45) is 5.92 Å². The first kappa shape index (κ1) is 29.4. The van der Waals surface area contributed by atoms with Crippen LogP contribution in [0.4, 0.5) is 18.9 Å². The molecule has 0 unspecified atom stereocenters. The average Bonchev–Trinajstić information content (AvgIpc) is 2.79. The number of rotatable bonds is 9. The van der Waals surface area contributed by atoms with Crippen LogP contribution in [0.1, 0.15) is 49.8 Å². The number of benzene rings is 2. The van der Waals surface area contributed by atoms with E-state index in [0.717, 1.165) is 42.4 Å². The van der Waals surface area contributed by atoms with Gasteiger partial charge in [0.15, 0.2) is 0 Å². The van der Waals surface area contributed by atoms with Gasteiger partial charge in [-0.25, -0.2) is 8.42 Å². The van der Waals surface area contributed by atoms with Crippen molar-refractivity contribution in [2.45, 2.75) is 58.4 Å². The summed E-state index contributed by atoms with van der Waals surface area (Å²) in [6.45, 7) is 6.07. The molecule has 37 heavy (non-hydrogen) atoms. The van der Waals surface area contributed by atoms with Crippen molar-refractivity contribution < 1.29 is 26.4 Å². The molecule has 1 saturated heterocycles. The Morgan fingerprint density at radius 3 is 2.38 bits per heavy atom. The van der Waals surface area contributed by atoms with E-state index in [-0.39, 0.29) is 0 Å². The lowest BCUT2D eigenvalue weighted by atomic mass is 10.0. The summed E-state index contributed by atoms with van der Waals surface area (Å²) in [7, 11) is -3.50. The summed E-state index contributed by atoms with van der Waals surface area (Å²) in [5.74, 6) is -0.0715. The van der Waals surface area contributed by atoms with Crippen LogP contribution in [0.5, 0.6) is 0 Å². The predicted octanol–water partition coefficient (Wildman–Crippen LogP) is 5.77. The van der Waals surface area contributed by atoms with Crippen molar-refractivity contribution in [1.29, 1.82) is 0 Å². The van der Waals surface area contributed by atoms with Crippen LogP contribution in [-0.4, -0.2) is 48.9 Å². The van der Waals surface area contributed by atoms with Gasteiger partial charge in [-0.1, -0.05) is 50.1 Å². The Morgan fingerprint density at radius 2 is 1.81 bits per heavy atom. The number of piperidine rings is 1. The highest BCUT2D eigenvalue weighted by Gasteiger charge is 2.34. The smallest absolute Gasteiger partial charge is 0.325 e. The van der Waals surface area contributed by atoms with Crippen LogP contribution in [0.3, 0.4) is 0 Å². The maximum Gasteiger partial charge on any atom is 0.416 e. The third kappa shape index (κ3) is 8.43. The van der Waals surface area contributed by atoms with E-state index in [4.69, 9.17) is 11.6 Å². The number of halogens is 4. The number of anilines is 1. The van der Waals surface area contributed by atoms with E-state index >= 15 is 0 Å². The van der Waals surface area contributed by atoms with Crippen molar-refractivity contribution in [1.82, 2.24) is 9.21 Å². The minimum atomic E-state index is -4.37. The number of sulfonamides is 1. The van der Waals surface area contributed by atoms with Gasteiger partial charge in [-0.3, -0.25) is 9.69 Å². The molecular weight excluding hydrogens is 527 g/mol. The Labute approximate surface area is 221 Å². The van der Waals surface area contributed by atoms with Gasteiger partial charge in [0.25, 0.3) is 0 Å². The quantitative estimate of drug-likeness (QED) is 0.423. The van der Waals surface area contributed by atoms with Crippen LogP contribution in [0.15, 0.2) is 42.5 Å². The average molecular weight is 560 g/mol. The zero-order valence-corrected chi connectivity index (χ0v) is 22.8. The molecule has 0 radical (unpaired) electrons. The van der Waals surface area contributed by atoms with Crippen molar-refractivity contribution in [3.05, 3.63) is 64.2 Å². The van der Waals surface area contributed by atoms with E-state index in [1.165, 1.54) is 16.4 Å². The number of carbonyl (C=O) groups is 1. The van der Waals surface area contributed by atoms with Crippen LogP contribution in [-0.2, 0) is 34.1 Å². The summed E-state index contributed by atoms with van der Waals surface area (Å²) in [6, 6.07) is 9.55. The Bertz CT molecular complexity index is 1190. The molecule has 1 N–H and O–H groups in total. The van der Waals surface area contributed by atoms with Gasteiger partial charge >= 0.3 is 6.18 Å². The number of amides is 1. The lowest BCUT2D eigenvalue weighted by Crippen LogP contribution is -2.49. The molecule has 1 heterocycles. The first-order chi connectivity index (χ1) is 17.2. The fourth-order valence-electron chi connectivity index (χ4n) is 4.54. The molecule has 1 fully saturated rings. The molecule has 3 rings (SSSR count). The van der Waals surface area contributed by atoms with Gasteiger partial charge in [0, 0.05) is 36.9 Å². The van der Waals surface area contributed by atoms with Gasteiger partial charge in [-0.15, -0.1) is 0 Å². The highest BCUT2D eigenvalue weighted by Crippen LogP contribution is 2.30. The summed E-state index contributed by atoms with van der Waals surface area (Å²) in [5, 5.41) is 3.22. The largest absolute Gasteiger partial charge is 0.416 e. The SMILES string of the molecule is CC(C)CN(Cc1ccc(C(F)(F)F)cc1)Cc1ccc(NC(=O)[C@H]2CCCCN2S(C)(=O)=O)cc1Cl. The minimum absolute atomic E-state index is 0.320. The summed E-state index contributed by atoms with van der Waals surface area (Å²) < 4.78 is 64.1. The molecule has 1 amide bonds. The lowest BCUT2D eigenvalue weighted by Gasteiger charge is -2.32. The normalized spacial score (nSPS) is 17.4. The second kappa shape index (κ2) is 12.1. The number of nitrogens with zero attached hydrogens (tertiary/aromatic N) is 2. The van der Waals surface area contributed by atoms with Gasteiger partial charge in [-0.2, -0.15) is 17.5 Å². The molecule has 0 saturated carbocycles. The molecule has 2 aromatic carbocycles. The molecule has 0 bridgehead atoms. The molecule has 204 valence electrons. The van der Waals surface area contributed by atoms with E-state index in [0.29, 0.717) is 49.2 Å². The van der Waals surface area contributed by atoms with E-state index in [1.807, 2.05) is 0 Å². The first-order valence-electron chi connectivity index (χ1n) is 12.2. The van der Waals surface area contributed by atoms with E-state index < -0.39 is 33.7 Å². The van der Waals surface area contributed by atoms with Crippen LogP contribution < -0.4 is 5.32 Å². The van der Waals surface area contributed by atoms with Gasteiger partial charge in [0.1, 0.15) is 6.04 Å². The third-order valence-electron chi connectivity index (χ3n) is 6.21. The minimum Gasteiger partial charge on any atom is -0.325 e. The third-order valence-corrected chi connectivity index (χ3v) is 7.85. The molecule has 0 aliphatic carbocycles. The molecule has 1 aliphatic rings. The molecule has 0 spiro atoms. The number of nitrogens with one attached hydrogen (secondary N) is 1. The summed E-state index contributed by atoms with van der Waals surface area (Å²) in [6.07, 6.45) is -1.32. The van der Waals surface area contributed by atoms with Gasteiger partial charge in [-0.05, 0) is 54.2 Å². The van der Waals surface area contributed by atoms with E-state index in [2.05, 4.69) is 24.1 Å². The Balaban J connectivity index is 1.70. The molecule has 0 aromatic heterocycles. The molecule has 1 aliphatic heterocycles. The Kier molecular flexibility index (Phi) is 9.66. The van der Waals surface area contributed by atoms with Crippen molar-refractivity contribution in [3.8, 4) is 0 Å². The Morgan fingerprint density at radius 1 is 1.14 bits per heavy atom. The number of carbonyl (C=O) groups excluding carboxylic acids is 1. The second-order valence-corrected chi connectivity index (χ2v) is 12.3. The van der Waals surface area contributed by atoms with Crippen molar-refractivity contribution in [2.75, 3.05) is 24.7 Å².